The number of thiazole rings is 1. The van der Waals surface area contributed by atoms with Crippen LogP contribution in [-0.4, -0.2) is 30.0 Å². The first kappa shape index (κ1) is 23.2. The Balaban J connectivity index is 1.12. The number of anilines is 2. The first-order valence-corrected chi connectivity index (χ1v) is 12.7. The van der Waals surface area contributed by atoms with Crippen molar-refractivity contribution in [2.75, 3.05) is 23.3 Å². The quantitative estimate of drug-likeness (QED) is 0.338. The Hall–Kier alpha value is -3.55. The smallest absolute Gasteiger partial charge is 0.258 e. The van der Waals surface area contributed by atoms with Crippen LogP contribution in [0.25, 0.3) is 11.3 Å². The lowest BCUT2D eigenvalue weighted by Crippen LogP contribution is -2.42. The molecule has 2 heterocycles. The molecule has 35 heavy (non-hydrogen) atoms. The summed E-state index contributed by atoms with van der Waals surface area (Å²) in [6, 6.07) is 24.5. The molecule has 178 valence electrons. The number of aromatic nitrogens is 1. The highest BCUT2D eigenvalue weighted by Crippen LogP contribution is 2.26. The number of hydrogen-bond donors (Lipinski definition) is 2. The second kappa shape index (κ2) is 10.8. The number of rotatable bonds is 7. The fourth-order valence-electron chi connectivity index (χ4n) is 4.41. The first-order valence-electron chi connectivity index (χ1n) is 11.8. The maximum Gasteiger partial charge on any atom is 0.258 e. The summed E-state index contributed by atoms with van der Waals surface area (Å²) in [5.74, 6) is -0.969. The monoisotopic (exact) mass is 486 g/mol. The fourth-order valence-corrected chi connectivity index (χ4v) is 5.14. The number of halogens is 1. The fraction of sp³-hybridized carbons (Fsp3) is 0.214. The van der Waals surface area contributed by atoms with Gasteiger partial charge in [0.2, 0.25) is 0 Å². The Morgan fingerprint density at radius 2 is 1.69 bits per heavy atom. The van der Waals surface area contributed by atoms with E-state index in [1.54, 1.807) is 23.5 Å². The molecule has 0 spiro atoms. The van der Waals surface area contributed by atoms with Gasteiger partial charge in [0.05, 0.1) is 16.8 Å². The lowest BCUT2D eigenvalue weighted by Gasteiger charge is -2.34. The van der Waals surface area contributed by atoms with E-state index in [1.807, 2.05) is 48.0 Å². The maximum absolute atomic E-state index is 13.8. The number of carbonyl (C=O) groups excluding carboxylic acids is 1. The molecule has 1 aliphatic rings. The molecule has 7 heteroatoms. The van der Waals surface area contributed by atoms with Gasteiger partial charge in [-0.3, -0.25) is 4.79 Å². The van der Waals surface area contributed by atoms with Crippen molar-refractivity contribution in [1.82, 2.24) is 10.3 Å². The SMILES string of the molecule is O=C(Nc1ccc(N2CCC(NCc3scnc3-c3ccccc3)CC2)cc1)c1ccccc1F. The van der Waals surface area contributed by atoms with Crippen LogP contribution in [0.4, 0.5) is 15.8 Å². The maximum atomic E-state index is 13.8. The summed E-state index contributed by atoms with van der Waals surface area (Å²) < 4.78 is 13.8. The molecule has 2 N–H and O–H groups in total. The largest absolute Gasteiger partial charge is 0.371 e. The van der Waals surface area contributed by atoms with Gasteiger partial charge in [0.1, 0.15) is 5.82 Å². The Kier molecular flexibility index (Phi) is 7.16. The highest BCUT2D eigenvalue weighted by Gasteiger charge is 2.20. The molecule has 1 aliphatic heterocycles. The zero-order chi connectivity index (χ0) is 24.0. The van der Waals surface area contributed by atoms with E-state index in [1.165, 1.54) is 17.0 Å². The highest BCUT2D eigenvalue weighted by atomic mass is 32.1. The van der Waals surface area contributed by atoms with Crippen LogP contribution in [0, 0.1) is 5.82 Å². The molecule has 1 saturated heterocycles. The molecular weight excluding hydrogens is 459 g/mol. The molecule has 1 aromatic heterocycles. The lowest BCUT2D eigenvalue weighted by molar-refractivity contribution is 0.102. The van der Waals surface area contributed by atoms with Gasteiger partial charge < -0.3 is 15.5 Å². The van der Waals surface area contributed by atoms with E-state index in [0.717, 1.165) is 49.4 Å². The van der Waals surface area contributed by atoms with Gasteiger partial charge >= 0.3 is 0 Å². The molecule has 1 amide bonds. The van der Waals surface area contributed by atoms with E-state index in [2.05, 4.69) is 32.7 Å². The highest BCUT2D eigenvalue weighted by molar-refractivity contribution is 7.10. The van der Waals surface area contributed by atoms with Gasteiger partial charge in [0.25, 0.3) is 5.91 Å². The number of benzene rings is 3. The van der Waals surface area contributed by atoms with Crippen molar-refractivity contribution in [2.24, 2.45) is 0 Å². The summed E-state index contributed by atoms with van der Waals surface area (Å²) in [6.07, 6.45) is 2.12. The van der Waals surface area contributed by atoms with Gasteiger partial charge in [0, 0.05) is 47.5 Å². The van der Waals surface area contributed by atoms with Crippen LogP contribution >= 0.6 is 11.3 Å². The summed E-state index contributed by atoms with van der Waals surface area (Å²) in [5, 5.41) is 6.49. The third-order valence-corrected chi connectivity index (χ3v) is 7.18. The topological polar surface area (TPSA) is 57.3 Å². The normalized spacial score (nSPS) is 14.1. The predicted octanol–water partition coefficient (Wildman–Crippen LogP) is 5.96. The Bertz CT molecular complexity index is 1270. The average Bonchev–Trinajstić information content (AvgIpc) is 3.38. The number of nitrogens with zero attached hydrogens (tertiary/aromatic N) is 2. The first-order chi connectivity index (χ1) is 17.2. The molecule has 0 aliphatic carbocycles. The summed E-state index contributed by atoms with van der Waals surface area (Å²) in [6.45, 7) is 2.76. The van der Waals surface area contributed by atoms with E-state index >= 15 is 0 Å². The third-order valence-electron chi connectivity index (χ3n) is 6.34. The van der Waals surface area contributed by atoms with Crippen LogP contribution in [-0.2, 0) is 6.54 Å². The van der Waals surface area contributed by atoms with Gasteiger partial charge in [0.15, 0.2) is 0 Å². The van der Waals surface area contributed by atoms with Crippen molar-refractivity contribution in [3.63, 3.8) is 0 Å². The van der Waals surface area contributed by atoms with Crippen LogP contribution in [0.5, 0.6) is 0 Å². The van der Waals surface area contributed by atoms with Crippen LogP contribution in [0.15, 0.2) is 84.4 Å². The number of hydrogen-bond acceptors (Lipinski definition) is 5. The second-order valence-corrected chi connectivity index (χ2v) is 9.55. The molecule has 5 nitrogen and oxygen atoms in total. The van der Waals surface area contributed by atoms with Gasteiger partial charge in [-0.1, -0.05) is 42.5 Å². The van der Waals surface area contributed by atoms with Crippen molar-refractivity contribution in [3.05, 3.63) is 101 Å². The van der Waals surface area contributed by atoms with Gasteiger partial charge in [-0.15, -0.1) is 11.3 Å². The van der Waals surface area contributed by atoms with Crippen LogP contribution < -0.4 is 15.5 Å². The van der Waals surface area contributed by atoms with Gasteiger partial charge in [-0.25, -0.2) is 9.37 Å². The number of amides is 1. The minimum atomic E-state index is -0.523. The van der Waals surface area contributed by atoms with Crippen LogP contribution in [0.3, 0.4) is 0 Å². The Morgan fingerprint density at radius 3 is 2.43 bits per heavy atom. The predicted molar refractivity (Wildman–Crippen MR) is 140 cm³/mol. The number of carbonyl (C=O) groups is 1. The van der Waals surface area contributed by atoms with Crippen molar-refractivity contribution in [2.45, 2.75) is 25.4 Å². The summed E-state index contributed by atoms with van der Waals surface area (Å²) in [4.78, 5) is 20.5. The van der Waals surface area contributed by atoms with E-state index in [0.29, 0.717) is 11.7 Å². The molecule has 4 aromatic rings. The number of nitrogens with one attached hydrogen (secondary N) is 2. The molecular formula is C28H27FN4OS. The zero-order valence-corrected chi connectivity index (χ0v) is 20.1. The zero-order valence-electron chi connectivity index (χ0n) is 19.3. The van der Waals surface area contributed by atoms with Crippen LogP contribution in [0.1, 0.15) is 28.1 Å². The third kappa shape index (κ3) is 5.58. The lowest BCUT2D eigenvalue weighted by atomic mass is 10.0. The summed E-state index contributed by atoms with van der Waals surface area (Å²) in [5.41, 5.74) is 5.97. The molecule has 3 aromatic carbocycles. The molecule has 0 atom stereocenters. The summed E-state index contributed by atoms with van der Waals surface area (Å²) >= 11 is 1.70. The minimum Gasteiger partial charge on any atom is -0.371 e. The standard InChI is InChI=1S/C28H27FN4OS/c29-25-9-5-4-8-24(25)28(34)32-22-10-12-23(13-11-22)33-16-14-21(15-17-33)30-18-26-27(31-19-35-26)20-6-2-1-3-7-20/h1-13,19,21,30H,14-18H2,(H,32,34). The van der Waals surface area contributed by atoms with Crippen molar-refractivity contribution in [3.8, 4) is 11.3 Å². The Morgan fingerprint density at radius 1 is 0.971 bits per heavy atom. The molecule has 0 radical (unpaired) electrons. The van der Waals surface area contributed by atoms with E-state index in [4.69, 9.17) is 0 Å². The molecule has 5 rings (SSSR count). The summed E-state index contributed by atoms with van der Waals surface area (Å²) in [7, 11) is 0. The van der Waals surface area contributed by atoms with Crippen LogP contribution in [0.2, 0.25) is 0 Å². The molecule has 0 unspecified atom stereocenters. The Labute approximate surface area is 208 Å². The van der Waals surface area contributed by atoms with E-state index in [9.17, 15) is 9.18 Å². The van der Waals surface area contributed by atoms with Gasteiger partial charge in [-0.2, -0.15) is 0 Å². The van der Waals surface area contributed by atoms with Crippen molar-refractivity contribution in [1.29, 1.82) is 0 Å². The van der Waals surface area contributed by atoms with Crippen molar-refractivity contribution >= 4 is 28.6 Å². The average molecular weight is 487 g/mol. The second-order valence-electron chi connectivity index (χ2n) is 8.61. The van der Waals surface area contributed by atoms with E-state index < -0.39 is 11.7 Å². The minimum absolute atomic E-state index is 0.0420. The molecule has 1 fully saturated rings. The molecule has 0 saturated carbocycles. The van der Waals surface area contributed by atoms with Crippen molar-refractivity contribution < 1.29 is 9.18 Å². The van der Waals surface area contributed by atoms with E-state index in [-0.39, 0.29) is 5.56 Å². The molecule has 0 bridgehead atoms. The number of piperidine rings is 1. The van der Waals surface area contributed by atoms with Gasteiger partial charge in [-0.05, 0) is 49.2 Å².